The van der Waals surface area contributed by atoms with E-state index in [9.17, 15) is 0 Å². The average Bonchev–Trinajstić information content (AvgIpc) is 2.74. The van der Waals surface area contributed by atoms with E-state index in [4.69, 9.17) is 4.74 Å². The number of aromatic nitrogens is 2. The molecule has 1 aromatic heterocycles. The van der Waals surface area contributed by atoms with Gasteiger partial charge in [-0.15, -0.1) is 0 Å². The van der Waals surface area contributed by atoms with Gasteiger partial charge in [0, 0.05) is 43.6 Å². The maximum atomic E-state index is 5.95. The zero-order chi connectivity index (χ0) is 19.3. The lowest BCUT2D eigenvalue weighted by Gasteiger charge is -2.36. The van der Waals surface area contributed by atoms with E-state index in [0.29, 0.717) is 12.5 Å². The molecule has 2 heterocycles. The zero-order valence-electron chi connectivity index (χ0n) is 16.5. The summed E-state index contributed by atoms with van der Waals surface area (Å²) in [6.45, 7) is 8.30. The Morgan fingerprint density at radius 2 is 1.50 bits per heavy atom. The highest BCUT2D eigenvalue weighted by Gasteiger charge is 2.20. The molecule has 0 saturated carbocycles. The van der Waals surface area contributed by atoms with E-state index in [0.717, 1.165) is 43.4 Å². The minimum absolute atomic E-state index is 0.512. The molecule has 1 fully saturated rings. The fourth-order valence-corrected chi connectivity index (χ4v) is 3.38. The van der Waals surface area contributed by atoms with Gasteiger partial charge >= 0.3 is 0 Å². The Kier molecular flexibility index (Phi) is 5.42. The molecule has 0 aliphatic carbocycles. The third-order valence-corrected chi connectivity index (χ3v) is 5.01. The van der Waals surface area contributed by atoms with Crippen molar-refractivity contribution in [3.05, 3.63) is 77.5 Å². The second-order valence-corrected chi connectivity index (χ2v) is 7.23. The van der Waals surface area contributed by atoms with Crippen molar-refractivity contribution in [1.82, 2.24) is 9.97 Å². The maximum Gasteiger partial charge on any atom is 0.228 e. The first-order chi connectivity index (χ1) is 13.7. The van der Waals surface area contributed by atoms with Crippen molar-refractivity contribution in [3.63, 3.8) is 0 Å². The Bertz CT molecular complexity index is 904. The zero-order valence-corrected chi connectivity index (χ0v) is 16.5. The van der Waals surface area contributed by atoms with Crippen molar-refractivity contribution in [2.24, 2.45) is 0 Å². The third kappa shape index (κ3) is 4.42. The van der Waals surface area contributed by atoms with Crippen molar-refractivity contribution in [2.75, 3.05) is 36.0 Å². The van der Waals surface area contributed by atoms with Crippen LogP contribution in [-0.4, -0.2) is 36.1 Å². The molecule has 144 valence electrons. The van der Waals surface area contributed by atoms with E-state index in [1.165, 1.54) is 11.3 Å². The first-order valence-electron chi connectivity index (χ1n) is 9.76. The average molecular weight is 374 g/mol. The van der Waals surface area contributed by atoms with Crippen LogP contribution in [0.15, 0.2) is 60.7 Å². The molecule has 0 bridgehead atoms. The lowest BCUT2D eigenvalue weighted by molar-refractivity contribution is 0.293. The van der Waals surface area contributed by atoms with Gasteiger partial charge in [-0.1, -0.05) is 48.0 Å². The predicted molar refractivity (Wildman–Crippen MR) is 113 cm³/mol. The SMILES string of the molecule is Cc1ccc(COc2cc(C)nc(N3CCN(c4ccccc4)CC3)n2)cc1. The van der Waals surface area contributed by atoms with Gasteiger partial charge in [0.2, 0.25) is 11.8 Å². The third-order valence-electron chi connectivity index (χ3n) is 5.01. The number of benzene rings is 2. The fourth-order valence-electron chi connectivity index (χ4n) is 3.38. The van der Waals surface area contributed by atoms with E-state index < -0.39 is 0 Å². The molecule has 0 atom stereocenters. The Morgan fingerprint density at radius 3 is 2.21 bits per heavy atom. The van der Waals surface area contributed by atoms with Crippen LogP contribution >= 0.6 is 0 Å². The van der Waals surface area contributed by atoms with Gasteiger partial charge < -0.3 is 14.5 Å². The second-order valence-electron chi connectivity index (χ2n) is 7.23. The standard InChI is InChI=1S/C23H26N4O/c1-18-8-10-20(11-9-18)17-28-22-16-19(2)24-23(25-22)27-14-12-26(13-15-27)21-6-4-3-5-7-21/h3-11,16H,12-15,17H2,1-2H3. The normalized spacial score (nSPS) is 14.2. The molecule has 5 nitrogen and oxygen atoms in total. The number of hydrogen-bond donors (Lipinski definition) is 0. The van der Waals surface area contributed by atoms with Crippen molar-refractivity contribution in [2.45, 2.75) is 20.5 Å². The monoisotopic (exact) mass is 374 g/mol. The number of nitrogens with zero attached hydrogens (tertiary/aromatic N) is 4. The van der Waals surface area contributed by atoms with E-state index in [1.54, 1.807) is 0 Å². The van der Waals surface area contributed by atoms with Crippen LogP contribution in [0.25, 0.3) is 0 Å². The lowest BCUT2D eigenvalue weighted by Crippen LogP contribution is -2.47. The summed E-state index contributed by atoms with van der Waals surface area (Å²) >= 11 is 0. The summed E-state index contributed by atoms with van der Waals surface area (Å²) in [7, 11) is 0. The number of anilines is 2. The maximum absolute atomic E-state index is 5.95. The molecule has 0 N–H and O–H groups in total. The minimum atomic E-state index is 0.512. The van der Waals surface area contributed by atoms with Crippen LogP contribution in [0.4, 0.5) is 11.6 Å². The molecular formula is C23H26N4O. The molecular weight excluding hydrogens is 348 g/mol. The summed E-state index contributed by atoms with van der Waals surface area (Å²) in [6.07, 6.45) is 0. The first-order valence-corrected chi connectivity index (χ1v) is 9.76. The highest BCUT2D eigenvalue weighted by molar-refractivity contribution is 5.48. The second kappa shape index (κ2) is 8.30. The number of aryl methyl sites for hydroxylation is 2. The van der Waals surface area contributed by atoms with E-state index >= 15 is 0 Å². The summed E-state index contributed by atoms with van der Waals surface area (Å²) in [6, 6.07) is 20.8. The predicted octanol–water partition coefficient (Wildman–Crippen LogP) is 4.00. The number of para-hydroxylation sites is 1. The van der Waals surface area contributed by atoms with Gasteiger partial charge in [0.05, 0.1) is 0 Å². The molecule has 0 amide bonds. The molecule has 2 aromatic carbocycles. The van der Waals surface area contributed by atoms with Crippen LogP contribution in [0.2, 0.25) is 0 Å². The first kappa shape index (κ1) is 18.3. The fraction of sp³-hybridized carbons (Fsp3) is 0.304. The number of hydrogen-bond acceptors (Lipinski definition) is 5. The molecule has 28 heavy (non-hydrogen) atoms. The lowest BCUT2D eigenvalue weighted by atomic mass is 10.2. The van der Waals surface area contributed by atoms with Crippen LogP contribution in [-0.2, 0) is 6.61 Å². The van der Waals surface area contributed by atoms with E-state index in [1.807, 2.05) is 13.0 Å². The molecule has 5 heteroatoms. The minimum Gasteiger partial charge on any atom is -0.473 e. The van der Waals surface area contributed by atoms with Gasteiger partial charge in [0.25, 0.3) is 0 Å². The van der Waals surface area contributed by atoms with Crippen LogP contribution in [0.5, 0.6) is 5.88 Å². The van der Waals surface area contributed by atoms with Gasteiger partial charge in [-0.25, -0.2) is 4.98 Å². The Morgan fingerprint density at radius 1 is 0.821 bits per heavy atom. The molecule has 0 radical (unpaired) electrons. The van der Waals surface area contributed by atoms with Gasteiger partial charge in [-0.2, -0.15) is 4.98 Å². The molecule has 0 spiro atoms. The molecule has 1 aliphatic heterocycles. The van der Waals surface area contributed by atoms with Crippen molar-refractivity contribution in [3.8, 4) is 5.88 Å². The van der Waals surface area contributed by atoms with Gasteiger partial charge in [0.1, 0.15) is 6.61 Å². The van der Waals surface area contributed by atoms with Crippen LogP contribution in [0.1, 0.15) is 16.8 Å². The Hall–Kier alpha value is -3.08. The van der Waals surface area contributed by atoms with Gasteiger partial charge in [-0.05, 0) is 31.5 Å². The highest BCUT2D eigenvalue weighted by atomic mass is 16.5. The van der Waals surface area contributed by atoms with Crippen LogP contribution in [0.3, 0.4) is 0 Å². The van der Waals surface area contributed by atoms with Gasteiger partial charge in [0.15, 0.2) is 0 Å². The quantitative estimate of drug-likeness (QED) is 0.675. The summed E-state index contributed by atoms with van der Waals surface area (Å²) in [5.41, 5.74) is 4.59. The molecule has 1 aliphatic rings. The summed E-state index contributed by atoms with van der Waals surface area (Å²) in [5.74, 6) is 1.39. The Labute approximate surface area is 166 Å². The molecule has 1 saturated heterocycles. The molecule has 3 aromatic rings. The summed E-state index contributed by atoms with van der Waals surface area (Å²) in [5, 5.41) is 0. The smallest absolute Gasteiger partial charge is 0.228 e. The highest BCUT2D eigenvalue weighted by Crippen LogP contribution is 2.21. The molecule has 4 rings (SSSR count). The van der Waals surface area contributed by atoms with Gasteiger partial charge in [-0.3, -0.25) is 0 Å². The number of ether oxygens (including phenoxy) is 1. The van der Waals surface area contributed by atoms with Crippen molar-refractivity contribution >= 4 is 11.6 Å². The number of piperazine rings is 1. The topological polar surface area (TPSA) is 41.5 Å². The van der Waals surface area contributed by atoms with Crippen LogP contribution in [0, 0.1) is 13.8 Å². The largest absolute Gasteiger partial charge is 0.473 e. The Balaban J connectivity index is 1.40. The summed E-state index contributed by atoms with van der Waals surface area (Å²) in [4.78, 5) is 13.9. The summed E-state index contributed by atoms with van der Waals surface area (Å²) < 4.78 is 5.95. The van der Waals surface area contributed by atoms with Crippen molar-refractivity contribution < 1.29 is 4.74 Å². The number of rotatable bonds is 5. The molecule has 0 unspecified atom stereocenters. The van der Waals surface area contributed by atoms with E-state index in [2.05, 4.69) is 81.3 Å². The van der Waals surface area contributed by atoms with E-state index in [-0.39, 0.29) is 0 Å². The van der Waals surface area contributed by atoms with Crippen LogP contribution < -0.4 is 14.5 Å². The van der Waals surface area contributed by atoms with Crippen molar-refractivity contribution in [1.29, 1.82) is 0 Å².